The zero-order valence-electron chi connectivity index (χ0n) is 44.7. The van der Waals surface area contributed by atoms with Gasteiger partial charge in [-0.15, -0.1) is 0 Å². The van der Waals surface area contributed by atoms with Gasteiger partial charge in [0.2, 0.25) is 0 Å². The van der Waals surface area contributed by atoms with Gasteiger partial charge in [-0.05, 0) is 91.5 Å². The molecule has 0 saturated carbocycles. The number of carbonyl (C=O) groups excluding carboxylic acids is 9. The number of nitrogens with one attached hydrogen (secondary N) is 8. The summed E-state index contributed by atoms with van der Waals surface area (Å²) in [4.78, 5) is 120. The molecule has 0 aliphatic rings. The van der Waals surface area contributed by atoms with Crippen LogP contribution in [0, 0.1) is 13.8 Å². The smallest absolute Gasteiger partial charge is 0.408 e. The van der Waals surface area contributed by atoms with Crippen molar-refractivity contribution in [3.8, 4) is 0 Å². The van der Waals surface area contributed by atoms with Crippen LogP contribution in [-0.4, -0.2) is 105 Å². The molecule has 4 aromatic carbocycles. The van der Waals surface area contributed by atoms with Crippen molar-refractivity contribution in [1.82, 2.24) is 43.0 Å². The van der Waals surface area contributed by atoms with E-state index in [-0.39, 0.29) is 26.1 Å². The first-order chi connectivity index (χ1) is 36.0. The maximum absolute atomic E-state index is 12.8. The summed E-state index contributed by atoms with van der Waals surface area (Å²) in [6.45, 7) is 16.8. The van der Waals surface area contributed by atoms with Crippen LogP contribution in [-0.2, 0) is 78.6 Å². The first-order valence-electron chi connectivity index (χ1n) is 24.0. The highest BCUT2D eigenvalue weighted by molar-refractivity contribution is 6.33. The molecule has 0 radical (unpaired) electrons. The van der Waals surface area contributed by atoms with Crippen molar-refractivity contribution >= 4 is 59.6 Å². The Hall–Kier alpha value is -8.86. The average Bonchev–Trinajstić information content (AvgIpc) is 3.36. The van der Waals surface area contributed by atoms with Crippen LogP contribution in [0.25, 0.3) is 0 Å². The third kappa shape index (κ3) is 27.3. The first-order valence-corrected chi connectivity index (χ1v) is 24.0. The number of ether oxygens (including phenoxy) is 3. The normalized spacial score (nSPS) is 12.1. The lowest BCUT2D eigenvalue weighted by Crippen LogP contribution is -2.57. The van der Waals surface area contributed by atoms with Crippen LogP contribution < -0.4 is 43.0 Å². The van der Waals surface area contributed by atoms with Crippen molar-refractivity contribution in [2.45, 2.75) is 131 Å². The molecule has 0 aliphatic heterocycles. The number of aliphatic carboxylic acids is 1. The van der Waals surface area contributed by atoms with E-state index < -0.39 is 94.9 Å². The molecule has 0 aromatic heterocycles. The van der Waals surface area contributed by atoms with E-state index in [2.05, 4.69) is 43.0 Å². The van der Waals surface area contributed by atoms with Gasteiger partial charge < -0.3 is 45.7 Å². The third-order valence-electron chi connectivity index (χ3n) is 9.85. The lowest BCUT2D eigenvalue weighted by atomic mass is 10.1. The van der Waals surface area contributed by atoms with Crippen molar-refractivity contribution in [3.05, 3.63) is 143 Å². The summed E-state index contributed by atoms with van der Waals surface area (Å²) < 4.78 is 15.2. The Morgan fingerprint density at radius 2 is 0.818 bits per heavy atom. The Morgan fingerprint density at radius 3 is 1.17 bits per heavy atom. The number of aliphatic hydroxyl groups is 1. The lowest BCUT2D eigenvalue weighted by Gasteiger charge is -2.22. The van der Waals surface area contributed by atoms with Crippen molar-refractivity contribution in [3.63, 3.8) is 0 Å². The molecule has 416 valence electrons. The molecule has 4 aromatic rings. The van der Waals surface area contributed by atoms with E-state index in [1.807, 2.05) is 50.2 Å². The Morgan fingerprint density at radius 1 is 0.468 bits per heavy atom. The fourth-order valence-corrected chi connectivity index (χ4v) is 5.88. The molecule has 4 rings (SSSR count). The highest BCUT2D eigenvalue weighted by Gasteiger charge is 2.29. The number of hydrogen-bond acceptors (Lipinski definition) is 14. The van der Waals surface area contributed by atoms with E-state index in [9.17, 15) is 47.9 Å². The van der Waals surface area contributed by atoms with Gasteiger partial charge in [0.15, 0.2) is 0 Å². The van der Waals surface area contributed by atoms with Crippen LogP contribution in [0.4, 0.5) is 9.59 Å². The number of esters is 1. The highest BCUT2D eigenvalue weighted by atomic mass is 16.6. The van der Waals surface area contributed by atoms with Crippen LogP contribution in [0.3, 0.4) is 0 Å². The van der Waals surface area contributed by atoms with E-state index in [0.29, 0.717) is 16.7 Å². The van der Waals surface area contributed by atoms with Gasteiger partial charge in [0, 0.05) is 12.8 Å². The van der Waals surface area contributed by atoms with Crippen LogP contribution in [0.15, 0.2) is 109 Å². The predicted octanol–water partition coefficient (Wildman–Crippen LogP) is 3.17. The van der Waals surface area contributed by atoms with Gasteiger partial charge >= 0.3 is 35.9 Å². The minimum atomic E-state index is -1.75. The second-order valence-electron chi connectivity index (χ2n) is 19.1. The lowest BCUT2D eigenvalue weighted by molar-refractivity contribution is -0.156. The summed E-state index contributed by atoms with van der Waals surface area (Å²) >= 11 is 0. The summed E-state index contributed by atoms with van der Waals surface area (Å²) in [5.41, 5.74) is 12.4. The zero-order chi connectivity index (χ0) is 57.9. The third-order valence-corrected chi connectivity index (χ3v) is 9.85. The number of aryl methyl sites for hydroxylation is 2. The van der Waals surface area contributed by atoms with E-state index in [4.69, 9.17) is 24.4 Å². The van der Waals surface area contributed by atoms with Crippen molar-refractivity contribution < 1.29 is 72.4 Å². The molecule has 10 N–H and O–H groups in total. The summed E-state index contributed by atoms with van der Waals surface area (Å²) in [7, 11) is 0. The number of carbonyl (C=O) groups is 10. The number of amides is 8. The average molecular weight is 1070 g/mol. The number of carboxylic acids is 1. The SMILES string of the molecule is C[C@H](NC(=O)OC(C)(C)C)C(=O)NNC(=O)[C@H](Cc1ccccc1)NC(=O)C(=O)O.Cc1ccc(CO)cc1.Cc1ccc(COC(=O)C(=O)N[C@@H](Cc2ccccc2)C(=O)NNC(=O)[C@H](C)NC(=O)OC(C)(C)C)cc1. The molecule has 4 atom stereocenters. The Labute approximate surface area is 446 Å². The molecule has 23 nitrogen and oxygen atoms in total. The zero-order valence-corrected chi connectivity index (χ0v) is 44.7. The van der Waals surface area contributed by atoms with Crippen molar-refractivity contribution in [1.29, 1.82) is 0 Å². The number of carboxylic acid groups (broad SMARTS) is 1. The standard InChI is InChI=1S/C27H34N4O7.C19H26N4O7.C8H10O/c1-17-11-13-20(14-12-17)16-37-25(35)24(34)29-21(15-19-9-7-6-8-10-19)23(33)31-30-22(32)18(2)28-26(36)38-27(3,4)5;1-11(20-18(29)30-19(2,3)4)14(24)22-23-15(25)13(21-16(26)17(27)28)10-12-8-6-5-7-9-12;1-7-2-4-8(6-9)5-3-7/h6-14,18,21H,15-16H2,1-5H3,(H,28,36)(H,29,34)(H,30,32)(H,31,33);5-9,11,13H,10H2,1-4H3,(H,20,29)(H,21,26)(H,22,24)(H,23,25)(H,27,28);2-5,9H,6H2,1H3/t18-,21-;11-,13-;/m00./s1. The number of rotatable bonds is 15. The maximum atomic E-state index is 12.8. The van der Waals surface area contributed by atoms with Gasteiger partial charge in [0.25, 0.3) is 23.6 Å². The molecule has 0 saturated heterocycles. The summed E-state index contributed by atoms with van der Waals surface area (Å²) in [6.07, 6.45) is -1.59. The number of benzene rings is 4. The number of aliphatic hydroxyl groups excluding tert-OH is 1. The van der Waals surface area contributed by atoms with Crippen LogP contribution in [0.2, 0.25) is 0 Å². The summed E-state index contributed by atoms with van der Waals surface area (Å²) in [6, 6.07) is 27.9. The minimum absolute atomic E-state index is 0.00667. The monoisotopic (exact) mass is 1070 g/mol. The highest BCUT2D eigenvalue weighted by Crippen LogP contribution is 2.10. The van der Waals surface area contributed by atoms with Gasteiger partial charge in [0.05, 0.1) is 6.61 Å². The summed E-state index contributed by atoms with van der Waals surface area (Å²) in [5.74, 6) is -8.49. The molecule has 23 heteroatoms. The maximum Gasteiger partial charge on any atom is 0.408 e. The quantitative estimate of drug-likeness (QED) is 0.0354. The Kier molecular flexibility index (Phi) is 26.5. The van der Waals surface area contributed by atoms with Crippen molar-refractivity contribution in [2.75, 3.05) is 0 Å². The van der Waals surface area contributed by atoms with E-state index in [0.717, 1.165) is 11.1 Å². The Bertz CT molecular complexity index is 2600. The van der Waals surface area contributed by atoms with Gasteiger partial charge in [-0.3, -0.25) is 50.5 Å². The molecule has 0 unspecified atom stereocenters. The second-order valence-corrected chi connectivity index (χ2v) is 19.1. The summed E-state index contributed by atoms with van der Waals surface area (Å²) in [5, 5.41) is 26.5. The predicted molar refractivity (Wildman–Crippen MR) is 280 cm³/mol. The van der Waals surface area contributed by atoms with Gasteiger partial charge in [-0.2, -0.15) is 0 Å². The number of hydrazine groups is 2. The number of hydrogen-bond donors (Lipinski definition) is 10. The first kappa shape index (κ1) is 64.3. The van der Waals surface area contributed by atoms with E-state index >= 15 is 0 Å². The molecular weight excluding hydrogens is 1000 g/mol. The van der Waals surface area contributed by atoms with Crippen LogP contribution in [0.1, 0.15) is 88.8 Å². The van der Waals surface area contributed by atoms with Gasteiger partial charge in [0.1, 0.15) is 42.0 Å². The fraction of sp³-hybridized carbons (Fsp3) is 0.370. The Balaban J connectivity index is 0.000000460. The molecule has 0 spiro atoms. The second kappa shape index (κ2) is 31.8. The minimum Gasteiger partial charge on any atom is -0.474 e. The fourth-order valence-electron chi connectivity index (χ4n) is 5.88. The molecule has 0 aliphatic carbocycles. The molecule has 77 heavy (non-hydrogen) atoms. The topological polar surface area (TPSA) is 335 Å². The largest absolute Gasteiger partial charge is 0.474 e. The van der Waals surface area contributed by atoms with Crippen molar-refractivity contribution in [2.24, 2.45) is 0 Å². The number of alkyl carbamates (subject to hydrolysis) is 2. The molecule has 0 fully saturated rings. The molecule has 0 heterocycles. The van der Waals surface area contributed by atoms with E-state index in [1.54, 1.807) is 114 Å². The van der Waals surface area contributed by atoms with Gasteiger partial charge in [-0.1, -0.05) is 120 Å². The molecule has 0 bridgehead atoms. The molecule has 8 amide bonds. The van der Waals surface area contributed by atoms with Crippen LogP contribution >= 0.6 is 0 Å². The van der Waals surface area contributed by atoms with E-state index in [1.165, 1.54) is 19.4 Å². The molecular formula is C54H70N8O15. The van der Waals surface area contributed by atoms with Crippen LogP contribution in [0.5, 0.6) is 0 Å². The van der Waals surface area contributed by atoms with Gasteiger partial charge in [-0.25, -0.2) is 19.2 Å².